The third kappa shape index (κ3) is 5.25. The monoisotopic (exact) mass is 340 g/mol. The van der Waals surface area contributed by atoms with Crippen molar-refractivity contribution in [2.75, 3.05) is 57.1 Å². The molecule has 0 bridgehead atoms. The van der Waals surface area contributed by atoms with Crippen LogP contribution in [0.5, 0.6) is 0 Å². The van der Waals surface area contributed by atoms with Gasteiger partial charge in [-0.15, -0.1) is 0 Å². The summed E-state index contributed by atoms with van der Waals surface area (Å²) in [4.78, 5) is 35.2. The molecule has 4 N–H and O–H groups in total. The van der Waals surface area contributed by atoms with Gasteiger partial charge in [-0.3, -0.25) is 9.59 Å². The summed E-state index contributed by atoms with van der Waals surface area (Å²) in [5.41, 5.74) is 11.1. The van der Waals surface area contributed by atoms with Crippen LogP contribution in [0.4, 0.5) is 11.6 Å². The van der Waals surface area contributed by atoms with E-state index in [0.717, 1.165) is 11.8 Å². The number of hydrogen-bond donors (Lipinski definition) is 2. The lowest BCUT2D eigenvalue weighted by atomic mass is 10.4. The number of amides is 2. The number of thioether (sulfide) groups is 1. The van der Waals surface area contributed by atoms with Crippen LogP contribution in [0.2, 0.25) is 0 Å². The quantitative estimate of drug-likeness (QED) is 0.519. The van der Waals surface area contributed by atoms with Gasteiger partial charge < -0.3 is 26.0 Å². The molecule has 9 nitrogen and oxygen atoms in total. The Labute approximate surface area is 138 Å². The zero-order chi connectivity index (χ0) is 16.8. The molecule has 1 aromatic heterocycles. The Bertz CT molecular complexity index is 559. The summed E-state index contributed by atoms with van der Waals surface area (Å²) < 4.78 is 5.20. The molecule has 0 unspecified atom stereocenters. The summed E-state index contributed by atoms with van der Waals surface area (Å²) >= 11 is 1.13. The normalized spacial score (nSPS) is 14.6. The van der Waals surface area contributed by atoms with Crippen LogP contribution in [0.15, 0.2) is 11.2 Å². The first kappa shape index (κ1) is 17.3. The van der Waals surface area contributed by atoms with Gasteiger partial charge in [-0.1, -0.05) is 11.8 Å². The number of likely N-dealkylation sites (N-methyl/N-ethyl adjacent to an activating group) is 1. The van der Waals surface area contributed by atoms with Gasteiger partial charge in [0.15, 0.2) is 5.16 Å². The molecule has 1 saturated heterocycles. The fourth-order valence-electron chi connectivity index (χ4n) is 1.97. The van der Waals surface area contributed by atoms with Crippen molar-refractivity contribution in [1.29, 1.82) is 0 Å². The van der Waals surface area contributed by atoms with Gasteiger partial charge in [-0.05, 0) is 0 Å². The molecule has 1 fully saturated rings. The standard InChI is InChI=1S/C13H20N6O3S/c1-18(7-11(20)19-2-4-22-5-3-19)12(21)8-23-13-16-9(14)6-10(15)17-13/h6H,2-5,7-8H2,1H3,(H4,14,15,16,17). The molecular formula is C13H20N6O3S. The fourth-order valence-corrected chi connectivity index (χ4v) is 2.78. The maximum Gasteiger partial charge on any atom is 0.242 e. The molecule has 0 aromatic carbocycles. The Kier molecular flexibility index (Phi) is 5.99. The van der Waals surface area contributed by atoms with Crippen LogP contribution in [0, 0.1) is 0 Å². The largest absolute Gasteiger partial charge is 0.383 e. The van der Waals surface area contributed by atoms with E-state index in [2.05, 4.69) is 9.97 Å². The second-order valence-corrected chi connectivity index (χ2v) is 5.97. The third-order valence-electron chi connectivity index (χ3n) is 3.23. The van der Waals surface area contributed by atoms with Gasteiger partial charge in [0.1, 0.15) is 11.6 Å². The van der Waals surface area contributed by atoms with Crippen LogP contribution < -0.4 is 11.5 Å². The van der Waals surface area contributed by atoms with Gasteiger partial charge in [-0.2, -0.15) is 0 Å². The molecule has 1 aromatic rings. The first-order chi connectivity index (χ1) is 11.0. The third-order valence-corrected chi connectivity index (χ3v) is 4.06. The number of ether oxygens (including phenoxy) is 1. The molecule has 2 heterocycles. The number of nitrogens with zero attached hydrogens (tertiary/aromatic N) is 4. The zero-order valence-electron chi connectivity index (χ0n) is 12.9. The summed E-state index contributed by atoms with van der Waals surface area (Å²) in [5.74, 6) is 0.335. The van der Waals surface area contributed by atoms with Gasteiger partial charge in [0.25, 0.3) is 0 Å². The molecule has 0 saturated carbocycles. The van der Waals surface area contributed by atoms with Crippen LogP contribution >= 0.6 is 11.8 Å². The van der Waals surface area contributed by atoms with Crippen molar-refractivity contribution in [3.05, 3.63) is 6.07 Å². The molecule has 0 aliphatic carbocycles. The van der Waals surface area contributed by atoms with Crippen LogP contribution in [0.1, 0.15) is 0 Å². The topological polar surface area (TPSA) is 128 Å². The number of nitrogen functional groups attached to an aromatic ring is 2. The predicted molar refractivity (Wildman–Crippen MR) is 86.6 cm³/mol. The lowest BCUT2D eigenvalue weighted by Crippen LogP contribution is -2.46. The predicted octanol–water partition coefficient (Wildman–Crippen LogP) is -0.950. The van der Waals surface area contributed by atoms with Gasteiger partial charge in [0.05, 0.1) is 25.5 Å². The molecule has 0 atom stereocenters. The van der Waals surface area contributed by atoms with E-state index in [-0.39, 0.29) is 35.7 Å². The van der Waals surface area contributed by atoms with E-state index >= 15 is 0 Å². The molecule has 1 aliphatic heterocycles. The Balaban J connectivity index is 1.81. The Morgan fingerprint density at radius 3 is 2.52 bits per heavy atom. The number of nitrogens with two attached hydrogens (primary N) is 2. The van der Waals surface area contributed by atoms with E-state index < -0.39 is 0 Å². The summed E-state index contributed by atoms with van der Waals surface area (Å²) in [6.07, 6.45) is 0. The van der Waals surface area contributed by atoms with Gasteiger partial charge in [-0.25, -0.2) is 9.97 Å². The van der Waals surface area contributed by atoms with E-state index in [1.165, 1.54) is 11.0 Å². The van der Waals surface area contributed by atoms with Crippen molar-refractivity contribution in [3.63, 3.8) is 0 Å². The van der Waals surface area contributed by atoms with Crippen LogP contribution in [0.3, 0.4) is 0 Å². The molecular weight excluding hydrogens is 320 g/mol. The minimum atomic E-state index is -0.193. The van der Waals surface area contributed by atoms with Gasteiger partial charge in [0, 0.05) is 26.2 Å². The molecule has 0 spiro atoms. The minimum absolute atomic E-state index is 0.0410. The lowest BCUT2D eigenvalue weighted by Gasteiger charge is -2.28. The summed E-state index contributed by atoms with van der Waals surface area (Å²) in [7, 11) is 1.59. The first-order valence-electron chi connectivity index (χ1n) is 7.08. The summed E-state index contributed by atoms with van der Waals surface area (Å²) in [6, 6.07) is 1.44. The molecule has 2 rings (SSSR count). The first-order valence-corrected chi connectivity index (χ1v) is 8.06. The second-order valence-electron chi connectivity index (χ2n) is 5.03. The van der Waals surface area contributed by atoms with E-state index in [1.54, 1.807) is 11.9 Å². The number of aromatic nitrogens is 2. The smallest absolute Gasteiger partial charge is 0.242 e. The summed E-state index contributed by atoms with van der Waals surface area (Å²) in [5, 5.41) is 0.337. The molecule has 0 radical (unpaired) electrons. The highest BCUT2D eigenvalue weighted by Crippen LogP contribution is 2.16. The SMILES string of the molecule is CN(CC(=O)N1CCOCC1)C(=O)CSc1nc(N)cc(N)n1. The van der Waals surface area contributed by atoms with Crippen molar-refractivity contribution in [2.24, 2.45) is 0 Å². The second kappa shape index (κ2) is 7.97. The van der Waals surface area contributed by atoms with Crippen molar-refractivity contribution >= 4 is 35.2 Å². The molecule has 1 aliphatic rings. The fraction of sp³-hybridized carbons (Fsp3) is 0.538. The van der Waals surface area contributed by atoms with Crippen molar-refractivity contribution < 1.29 is 14.3 Å². The minimum Gasteiger partial charge on any atom is -0.383 e. The van der Waals surface area contributed by atoms with E-state index in [0.29, 0.717) is 31.5 Å². The molecule has 23 heavy (non-hydrogen) atoms. The van der Waals surface area contributed by atoms with E-state index in [1.807, 2.05) is 0 Å². The highest BCUT2D eigenvalue weighted by molar-refractivity contribution is 7.99. The van der Waals surface area contributed by atoms with E-state index in [9.17, 15) is 9.59 Å². The number of hydrogen-bond acceptors (Lipinski definition) is 8. The van der Waals surface area contributed by atoms with Crippen molar-refractivity contribution in [2.45, 2.75) is 5.16 Å². The zero-order valence-corrected chi connectivity index (χ0v) is 13.7. The number of morpholine rings is 1. The van der Waals surface area contributed by atoms with E-state index in [4.69, 9.17) is 16.2 Å². The Hall–Kier alpha value is -2.07. The Morgan fingerprint density at radius 2 is 1.91 bits per heavy atom. The average Bonchev–Trinajstić information content (AvgIpc) is 2.52. The molecule has 126 valence electrons. The van der Waals surface area contributed by atoms with Crippen LogP contribution in [-0.2, 0) is 14.3 Å². The van der Waals surface area contributed by atoms with Crippen LogP contribution in [0.25, 0.3) is 0 Å². The number of anilines is 2. The molecule has 2 amide bonds. The highest BCUT2D eigenvalue weighted by atomic mass is 32.2. The maximum absolute atomic E-state index is 12.1. The van der Waals surface area contributed by atoms with Crippen molar-refractivity contribution in [1.82, 2.24) is 19.8 Å². The molecule has 10 heteroatoms. The number of rotatable bonds is 5. The van der Waals surface area contributed by atoms with Crippen molar-refractivity contribution in [3.8, 4) is 0 Å². The average molecular weight is 340 g/mol. The lowest BCUT2D eigenvalue weighted by molar-refractivity contribution is -0.140. The number of carbonyl (C=O) groups is 2. The van der Waals surface area contributed by atoms with Gasteiger partial charge >= 0.3 is 0 Å². The number of carbonyl (C=O) groups excluding carboxylic acids is 2. The summed E-state index contributed by atoms with van der Waals surface area (Å²) in [6.45, 7) is 2.23. The maximum atomic E-state index is 12.1. The van der Waals surface area contributed by atoms with Gasteiger partial charge in [0.2, 0.25) is 11.8 Å². The Morgan fingerprint density at radius 1 is 1.30 bits per heavy atom. The highest BCUT2D eigenvalue weighted by Gasteiger charge is 2.20. The van der Waals surface area contributed by atoms with Crippen LogP contribution in [-0.4, -0.2) is 77.2 Å².